The zero-order valence-corrected chi connectivity index (χ0v) is 20.0. The molecule has 1 aliphatic rings. The standard InChI is InChI=1S/C27H27ClN6O/c28-22-9-5-19(6-10-22)17-29-25-32-26(30-23-11-7-18(8-12-23)13-14-35)34-27(33-25)31-24-15-20-3-1-2-4-21(20)16-24/h1-12,24,35H,13-17H2,(H3,29,30,31,32,33,34). The van der Waals surface area contributed by atoms with Crippen molar-refractivity contribution in [1.82, 2.24) is 15.0 Å². The average molecular weight is 487 g/mol. The molecule has 178 valence electrons. The Morgan fingerprint density at radius 2 is 1.40 bits per heavy atom. The van der Waals surface area contributed by atoms with Gasteiger partial charge in [0.2, 0.25) is 17.8 Å². The van der Waals surface area contributed by atoms with Crippen molar-refractivity contribution >= 4 is 35.1 Å². The molecule has 0 unspecified atom stereocenters. The van der Waals surface area contributed by atoms with Gasteiger partial charge in [0.05, 0.1) is 0 Å². The van der Waals surface area contributed by atoms with Crippen molar-refractivity contribution in [2.24, 2.45) is 0 Å². The van der Waals surface area contributed by atoms with Crippen molar-refractivity contribution in [2.45, 2.75) is 31.8 Å². The molecule has 8 heteroatoms. The Morgan fingerprint density at radius 1 is 0.771 bits per heavy atom. The Bertz CT molecular complexity index is 1250. The highest BCUT2D eigenvalue weighted by molar-refractivity contribution is 6.30. The monoisotopic (exact) mass is 486 g/mol. The molecule has 1 aromatic heterocycles. The van der Waals surface area contributed by atoms with E-state index >= 15 is 0 Å². The smallest absolute Gasteiger partial charge is 0.233 e. The van der Waals surface area contributed by atoms with E-state index in [-0.39, 0.29) is 12.6 Å². The summed E-state index contributed by atoms with van der Waals surface area (Å²) in [4.78, 5) is 13.9. The summed E-state index contributed by atoms with van der Waals surface area (Å²) >= 11 is 6.01. The van der Waals surface area contributed by atoms with Gasteiger partial charge in [-0.15, -0.1) is 0 Å². The average Bonchev–Trinajstić information content (AvgIpc) is 3.27. The number of nitrogens with zero attached hydrogens (tertiary/aromatic N) is 3. The molecular formula is C27H27ClN6O. The first-order valence-electron chi connectivity index (χ1n) is 11.7. The number of rotatable bonds is 9. The number of anilines is 4. The fourth-order valence-electron chi connectivity index (χ4n) is 4.22. The summed E-state index contributed by atoms with van der Waals surface area (Å²) in [5, 5.41) is 19.9. The lowest BCUT2D eigenvalue weighted by molar-refractivity contribution is 0.299. The fraction of sp³-hybridized carbons (Fsp3) is 0.222. The molecular weight excluding hydrogens is 460 g/mol. The first-order chi connectivity index (χ1) is 17.1. The van der Waals surface area contributed by atoms with Gasteiger partial charge in [-0.1, -0.05) is 60.1 Å². The van der Waals surface area contributed by atoms with Crippen molar-refractivity contribution in [2.75, 3.05) is 22.6 Å². The highest BCUT2D eigenvalue weighted by Gasteiger charge is 2.22. The third kappa shape index (κ3) is 6.07. The number of nitrogens with one attached hydrogen (secondary N) is 3. The van der Waals surface area contributed by atoms with E-state index in [4.69, 9.17) is 16.7 Å². The van der Waals surface area contributed by atoms with Crippen LogP contribution in [0.2, 0.25) is 5.02 Å². The molecule has 3 aromatic carbocycles. The van der Waals surface area contributed by atoms with E-state index in [1.807, 2.05) is 48.5 Å². The van der Waals surface area contributed by atoms with Crippen LogP contribution in [0, 0.1) is 0 Å². The molecule has 0 bridgehead atoms. The number of aromatic nitrogens is 3. The molecule has 7 nitrogen and oxygen atoms in total. The normalized spacial score (nSPS) is 12.9. The molecule has 0 saturated heterocycles. The van der Waals surface area contributed by atoms with E-state index in [9.17, 15) is 0 Å². The SMILES string of the molecule is OCCc1ccc(Nc2nc(NCc3ccc(Cl)cc3)nc(NC3Cc4ccccc4C3)n2)cc1. The largest absolute Gasteiger partial charge is 0.396 e. The second kappa shape index (κ2) is 10.7. The van der Waals surface area contributed by atoms with Crippen molar-refractivity contribution in [3.63, 3.8) is 0 Å². The van der Waals surface area contributed by atoms with Crippen LogP contribution in [0.15, 0.2) is 72.8 Å². The van der Waals surface area contributed by atoms with E-state index in [0.29, 0.717) is 35.8 Å². The van der Waals surface area contributed by atoms with Gasteiger partial charge in [-0.2, -0.15) is 15.0 Å². The van der Waals surface area contributed by atoms with Crippen LogP contribution < -0.4 is 16.0 Å². The van der Waals surface area contributed by atoms with E-state index in [1.54, 1.807) is 0 Å². The van der Waals surface area contributed by atoms with Gasteiger partial charge in [-0.25, -0.2) is 0 Å². The highest BCUT2D eigenvalue weighted by Crippen LogP contribution is 2.25. The summed E-state index contributed by atoms with van der Waals surface area (Å²) in [6.07, 6.45) is 2.50. The first-order valence-corrected chi connectivity index (χ1v) is 12.1. The van der Waals surface area contributed by atoms with Gasteiger partial charge in [-0.05, 0) is 65.8 Å². The zero-order chi connectivity index (χ0) is 24.0. The lowest BCUT2D eigenvalue weighted by Gasteiger charge is -2.15. The molecule has 1 aliphatic carbocycles. The lowest BCUT2D eigenvalue weighted by atomic mass is 10.1. The van der Waals surface area contributed by atoms with Gasteiger partial charge in [0.1, 0.15) is 0 Å². The summed E-state index contributed by atoms with van der Waals surface area (Å²) in [6.45, 7) is 0.688. The zero-order valence-electron chi connectivity index (χ0n) is 19.2. The Morgan fingerprint density at radius 3 is 2.09 bits per heavy atom. The number of halogens is 1. The molecule has 0 amide bonds. The Balaban J connectivity index is 1.34. The summed E-state index contributed by atoms with van der Waals surface area (Å²) in [6, 6.07) is 24.3. The summed E-state index contributed by atoms with van der Waals surface area (Å²) < 4.78 is 0. The molecule has 0 saturated carbocycles. The maximum atomic E-state index is 9.14. The van der Waals surface area contributed by atoms with Crippen LogP contribution in [0.1, 0.15) is 22.3 Å². The van der Waals surface area contributed by atoms with E-state index < -0.39 is 0 Å². The third-order valence-electron chi connectivity index (χ3n) is 5.99. The van der Waals surface area contributed by atoms with Crippen molar-refractivity contribution in [3.05, 3.63) is 100 Å². The number of fused-ring (bicyclic) bond motifs is 1. The van der Waals surface area contributed by atoms with E-state index in [1.165, 1.54) is 11.1 Å². The first kappa shape index (κ1) is 23.1. The third-order valence-corrected chi connectivity index (χ3v) is 6.25. The van der Waals surface area contributed by atoms with Crippen LogP contribution in [-0.4, -0.2) is 32.7 Å². The van der Waals surface area contributed by atoms with E-state index in [0.717, 1.165) is 29.7 Å². The summed E-state index contributed by atoms with van der Waals surface area (Å²) in [7, 11) is 0. The molecule has 4 N–H and O–H groups in total. The molecule has 0 fully saturated rings. The van der Waals surface area contributed by atoms with Crippen molar-refractivity contribution < 1.29 is 5.11 Å². The summed E-state index contributed by atoms with van der Waals surface area (Å²) in [5.41, 5.74) is 5.73. The minimum Gasteiger partial charge on any atom is -0.396 e. The number of aliphatic hydroxyl groups excluding tert-OH is 1. The molecule has 0 atom stereocenters. The highest BCUT2D eigenvalue weighted by atomic mass is 35.5. The van der Waals surface area contributed by atoms with Gasteiger partial charge in [-0.3, -0.25) is 0 Å². The van der Waals surface area contributed by atoms with Crippen molar-refractivity contribution in [1.29, 1.82) is 0 Å². The van der Waals surface area contributed by atoms with Crippen LogP contribution in [-0.2, 0) is 25.8 Å². The van der Waals surface area contributed by atoms with Gasteiger partial charge < -0.3 is 21.1 Å². The lowest BCUT2D eigenvalue weighted by Crippen LogP contribution is -2.22. The van der Waals surface area contributed by atoms with Gasteiger partial charge in [0, 0.05) is 29.9 Å². The van der Waals surface area contributed by atoms with Crippen LogP contribution >= 0.6 is 11.6 Å². The maximum Gasteiger partial charge on any atom is 0.233 e. The minimum atomic E-state index is 0.128. The molecule has 5 rings (SSSR count). The molecule has 0 spiro atoms. The molecule has 0 aliphatic heterocycles. The van der Waals surface area contributed by atoms with Crippen molar-refractivity contribution in [3.8, 4) is 0 Å². The van der Waals surface area contributed by atoms with Crippen LogP contribution in [0.25, 0.3) is 0 Å². The molecule has 35 heavy (non-hydrogen) atoms. The Labute approximate surface area is 209 Å². The Kier molecular flexibility index (Phi) is 7.07. The fourth-order valence-corrected chi connectivity index (χ4v) is 4.34. The number of hydrogen-bond donors (Lipinski definition) is 4. The topological polar surface area (TPSA) is 95.0 Å². The molecule has 1 heterocycles. The maximum absolute atomic E-state index is 9.14. The predicted molar refractivity (Wildman–Crippen MR) is 140 cm³/mol. The molecule has 0 radical (unpaired) electrons. The number of hydrogen-bond acceptors (Lipinski definition) is 7. The Hall–Kier alpha value is -3.68. The van der Waals surface area contributed by atoms with E-state index in [2.05, 4.69) is 55.2 Å². The number of benzene rings is 3. The number of aliphatic hydroxyl groups is 1. The quantitative estimate of drug-likeness (QED) is 0.264. The summed E-state index contributed by atoms with van der Waals surface area (Å²) in [5.74, 6) is 1.45. The molecule has 4 aromatic rings. The predicted octanol–water partition coefficient (Wildman–Crippen LogP) is 4.99. The van der Waals surface area contributed by atoms with Crippen LogP contribution in [0.3, 0.4) is 0 Å². The van der Waals surface area contributed by atoms with Crippen LogP contribution in [0.5, 0.6) is 0 Å². The van der Waals surface area contributed by atoms with Crippen LogP contribution in [0.4, 0.5) is 23.5 Å². The second-order valence-electron chi connectivity index (χ2n) is 8.60. The minimum absolute atomic E-state index is 0.128. The van der Waals surface area contributed by atoms with Gasteiger partial charge in [0.15, 0.2) is 0 Å². The second-order valence-corrected chi connectivity index (χ2v) is 9.04. The van der Waals surface area contributed by atoms with Gasteiger partial charge in [0.25, 0.3) is 0 Å². The van der Waals surface area contributed by atoms with Gasteiger partial charge >= 0.3 is 0 Å².